The molecule has 0 saturated carbocycles. The molecule has 1 heterocycles. The topological polar surface area (TPSA) is 56.7 Å². The van der Waals surface area contributed by atoms with Crippen LogP contribution in [0.25, 0.3) is 0 Å². The van der Waals surface area contributed by atoms with Crippen molar-refractivity contribution in [1.29, 1.82) is 0 Å². The smallest absolute Gasteiger partial charge is 0.133 e. The second-order valence-electron chi connectivity index (χ2n) is 4.11. The van der Waals surface area contributed by atoms with Gasteiger partial charge in [0, 0.05) is 29.3 Å². The second kappa shape index (κ2) is 6.44. The first-order valence-electron chi connectivity index (χ1n) is 6.14. The molecule has 0 aliphatic rings. The van der Waals surface area contributed by atoms with Gasteiger partial charge in [0.15, 0.2) is 0 Å². The van der Waals surface area contributed by atoms with Crippen LogP contribution in [-0.4, -0.2) is 20.5 Å². The lowest BCUT2D eigenvalue weighted by atomic mass is 10.3. The molecule has 1 aromatic carbocycles. The number of thioether (sulfide) groups is 1. The van der Waals surface area contributed by atoms with Gasteiger partial charge < -0.3 is 10.3 Å². The molecule has 0 bridgehead atoms. The van der Waals surface area contributed by atoms with Crippen molar-refractivity contribution >= 4 is 17.4 Å². The average molecular weight is 262 g/mol. The number of benzene rings is 1. The Labute approximate surface area is 112 Å². The SMILES string of the molecule is CCCn1cnnc1CCSc1ccc(N)cc1. The Morgan fingerprint density at radius 1 is 1.28 bits per heavy atom. The highest BCUT2D eigenvalue weighted by atomic mass is 32.2. The van der Waals surface area contributed by atoms with Crippen molar-refractivity contribution in [2.24, 2.45) is 0 Å². The van der Waals surface area contributed by atoms with E-state index in [1.54, 1.807) is 0 Å². The van der Waals surface area contributed by atoms with Crippen molar-refractivity contribution in [2.75, 3.05) is 11.5 Å². The van der Waals surface area contributed by atoms with Gasteiger partial charge in [0.05, 0.1) is 0 Å². The molecule has 0 fully saturated rings. The summed E-state index contributed by atoms with van der Waals surface area (Å²) in [6, 6.07) is 7.97. The molecule has 0 unspecified atom stereocenters. The third-order valence-electron chi connectivity index (χ3n) is 2.63. The molecule has 0 spiro atoms. The summed E-state index contributed by atoms with van der Waals surface area (Å²) in [5, 5.41) is 8.12. The van der Waals surface area contributed by atoms with Crippen LogP contribution < -0.4 is 5.73 Å². The van der Waals surface area contributed by atoms with Gasteiger partial charge in [0.25, 0.3) is 0 Å². The predicted octanol–water partition coefficient (Wildman–Crippen LogP) is 2.61. The molecule has 0 radical (unpaired) electrons. The van der Waals surface area contributed by atoms with Crippen LogP contribution in [-0.2, 0) is 13.0 Å². The van der Waals surface area contributed by atoms with Crippen LogP contribution in [0.5, 0.6) is 0 Å². The van der Waals surface area contributed by atoms with E-state index >= 15 is 0 Å². The Hall–Kier alpha value is -1.49. The third-order valence-corrected chi connectivity index (χ3v) is 3.65. The molecule has 0 amide bonds. The van der Waals surface area contributed by atoms with E-state index < -0.39 is 0 Å². The van der Waals surface area contributed by atoms with Gasteiger partial charge in [0.1, 0.15) is 12.2 Å². The predicted molar refractivity (Wildman–Crippen MR) is 75.6 cm³/mol. The average Bonchev–Trinajstić information content (AvgIpc) is 2.80. The molecule has 4 nitrogen and oxygen atoms in total. The lowest BCUT2D eigenvalue weighted by molar-refractivity contribution is 0.643. The first kappa shape index (κ1) is 13.0. The Kier molecular flexibility index (Phi) is 4.64. The number of rotatable bonds is 6. The minimum absolute atomic E-state index is 0.807. The molecule has 96 valence electrons. The first-order chi connectivity index (χ1) is 8.79. The summed E-state index contributed by atoms with van der Waals surface area (Å²) in [5.74, 6) is 2.08. The largest absolute Gasteiger partial charge is 0.399 e. The third kappa shape index (κ3) is 3.50. The fourth-order valence-corrected chi connectivity index (χ4v) is 2.57. The van der Waals surface area contributed by atoms with Crippen LogP contribution >= 0.6 is 11.8 Å². The van der Waals surface area contributed by atoms with Crippen LogP contribution in [0.3, 0.4) is 0 Å². The molecule has 0 aliphatic heterocycles. The summed E-state index contributed by atoms with van der Waals surface area (Å²) in [6.07, 6.45) is 3.86. The second-order valence-corrected chi connectivity index (χ2v) is 5.28. The molecule has 18 heavy (non-hydrogen) atoms. The van der Waals surface area contributed by atoms with Gasteiger partial charge in [-0.05, 0) is 30.7 Å². The Morgan fingerprint density at radius 3 is 2.78 bits per heavy atom. The van der Waals surface area contributed by atoms with E-state index in [9.17, 15) is 0 Å². The van der Waals surface area contributed by atoms with E-state index in [2.05, 4.69) is 33.8 Å². The van der Waals surface area contributed by atoms with Gasteiger partial charge in [-0.25, -0.2) is 0 Å². The van der Waals surface area contributed by atoms with E-state index in [4.69, 9.17) is 5.73 Å². The van der Waals surface area contributed by atoms with E-state index in [1.807, 2.05) is 30.2 Å². The van der Waals surface area contributed by atoms with E-state index in [0.29, 0.717) is 0 Å². The summed E-state index contributed by atoms with van der Waals surface area (Å²) in [6.45, 7) is 3.15. The van der Waals surface area contributed by atoms with Crippen LogP contribution in [0.1, 0.15) is 19.2 Å². The van der Waals surface area contributed by atoms with Crippen molar-refractivity contribution in [3.05, 3.63) is 36.4 Å². The number of nitrogens with zero attached hydrogens (tertiary/aromatic N) is 3. The molecule has 5 heteroatoms. The number of nitrogen functional groups attached to an aromatic ring is 1. The number of aromatic nitrogens is 3. The zero-order chi connectivity index (χ0) is 12.8. The van der Waals surface area contributed by atoms with Crippen molar-refractivity contribution in [3.63, 3.8) is 0 Å². The molecular weight excluding hydrogens is 244 g/mol. The van der Waals surface area contributed by atoms with Gasteiger partial charge in [-0.15, -0.1) is 22.0 Å². The first-order valence-corrected chi connectivity index (χ1v) is 7.13. The highest BCUT2D eigenvalue weighted by Gasteiger charge is 2.03. The monoisotopic (exact) mass is 262 g/mol. The van der Waals surface area contributed by atoms with Gasteiger partial charge in [0.2, 0.25) is 0 Å². The normalized spacial score (nSPS) is 10.7. The molecule has 0 aliphatic carbocycles. The van der Waals surface area contributed by atoms with Gasteiger partial charge in [-0.3, -0.25) is 0 Å². The zero-order valence-corrected chi connectivity index (χ0v) is 11.4. The molecule has 2 N–H and O–H groups in total. The fraction of sp³-hybridized carbons (Fsp3) is 0.385. The van der Waals surface area contributed by atoms with Crippen molar-refractivity contribution < 1.29 is 0 Å². The molecule has 1 aromatic heterocycles. The number of anilines is 1. The van der Waals surface area contributed by atoms with Crippen molar-refractivity contribution in [3.8, 4) is 0 Å². The summed E-state index contributed by atoms with van der Waals surface area (Å²) in [5.41, 5.74) is 6.46. The summed E-state index contributed by atoms with van der Waals surface area (Å²) in [4.78, 5) is 1.24. The maximum Gasteiger partial charge on any atom is 0.133 e. The number of aryl methyl sites for hydroxylation is 2. The van der Waals surface area contributed by atoms with E-state index in [0.717, 1.165) is 36.7 Å². The Balaban J connectivity index is 1.84. The van der Waals surface area contributed by atoms with Crippen LogP contribution in [0.15, 0.2) is 35.5 Å². The van der Waals surface area contributed by atoms with Crippen LogP contribution in [0.2, 0.25) is 0 Å². The van der Waals surface area contributed by atoms with Gasteiger partial charge in [-0.2, -0.15) is 0 Å². The standard InChI is InChI=1S/C13H18N4S/c1-2-8-17-10-15-16-13(17)7-9-18-12-5-3-11(14)4-6-12/h3-6,10H,2,7-9,14H2,1H3. The maximum absolute atomic E-state index is 5.65. The Morgan fingerprint density at radius 2 is 2.06 bits per heavy atom. The quantitative estimate of drug-likeness (QED) is 0.642. The van der Waals surface area contributed by atoms with Crippen molar-refractivity contribution in [1.82, 2.24) is 14.8 Å². The number of hydrogen-bond donors (Lipinski definition) is 1. The number of hydrogen-bond acceptors (Lipinski definition) is 4. The summed E-state index contributed by atoms with van der Waals surface area (Å²) >= 11 is 1.82. The highest BCUT2D eigenvalue weighted by Crippen LogP contribution is 2.19. The molecule has 0 saturated heterocycles. The summed E-state index contributed by atoms with van der Waals surface area (Å²) < 4.78 is 2.13. The maximum atomic E-state index is 5.65. The van der Waals surface area contributed by atoms with Crippen LogP contribution in [0, 0.1) is 0 Å². The van der Waals surface area contributed by atoms with E-state index in [1.165, 1.54) is 4.90 Å². The van der Waals surface area contributed by atoms with Gasteiger partial charge in [-0.1, -0.05) is 6.92 Å². The number of nitrogens with two attached hydrogens (primary N) is 1. The van der Waals surface area contributed by atoms with E-state index in [-0.39, 0.29) is 0 Å². The molecule has 0 atom stereocenters. The van der Waals surface area contributed by atoms with Crippen LogP contribution in [0.4, 0.5) is 5.69 Å². The van der Waals surface area contributed by atoms with Gasteiger partial charge >= 0.3 is 0 Å². The summed E-state index contributed by atoms with van der Waals surface area (Å²) in [7, 11) is 0. The molecular formula is C13H18N4S. The Bertz CT molecular complexity index is 478. The van der Waals surface area contributed by atoms with Crippen molar-refractivity contribution in [2.45, 2.75) is 31.2 Å². The highest BCUT2D eigenvalue weighted by molar-refractivity contribution is 7.99. The minimum atomic E-state index is 0.807. The minimum Gasteiger partial charge on any atom is -0.399 e. The fourth-order valence-electron chi connectivity index (χ4n) is 1.72. The molecule has 2 aromatic rings. The lowest BCUT2D eigenvalue weighted by Gasteiger charge is -2.05. The lowest BCUT2D eigenvalue weighted by Crippen LogP contribution is -2.03. The molecule has 2 rings (SSSR count). The zero-order valence-electron chi connectivity index (χ0n) is 10.5.